The molecule has 0 aromatic heterocycles. The van der Waals surface area contributed by atoms with Crippen LogP contribution >= 0.6 is 0 Å². The van der Waals surface area contributed by atoms with E-state index >= 15 is 0 Å². The van der Waals surface area contributed by atoms with Gasteiger partial charge in [-0.1, -0.05) is 6.42 Å². The standard InChI is InChI=1S/C18H25N3O2S/c1-24(22,23)21(17-4-2-5-17)18-6-3-12-20(13-11-18)16-9-7-15(14-19)8-10-16/h7-10,17-18H,2-6,11-13H2,1H3/t18-/m0/s1. The summed E-state index contributed by atoms with van der Waals surface area (Å²) in [6.07, 6.45) is 7.28. The van der Waals surface area contributed by atoms with Gasteiger partial charge in [-0.25, -0.2) is 8.42 Å². The average Bonchev–Trinajstić information content (AvgIpc) is 2.75. The van der Waals surface area contributed by atoms with Crippen LogP contribution in [0.15, 0.2) is 24.3 Å². The van der Waals surface area contributed by atoms with E-state index in [2.05, 4.69) is 11.0 Å². The predicted molar refractivity (Wildman–Crippen MR) is 95.3 cm³/mol. The Bertz CT molecular complexity index is 705. The molecule has 24 heavy (non-hydrogen) atoms. The van der Waals surface area contributed by atoms with Crippen molar-refractivity contribution in [3.63, 3.8) is 0 Å². The molecule has 1 aromatic carbocycles. The summed E-state index contributed by atoms with van der Waals surface area (Å²) in [5.74, 6) is 0. The first-order chi connectivity index (χ1) is 11.5. The van der Waals surface area contributed by atoms with Crippen LogP contribution in [0.1, 0.15) is 44.1 Å². The van der Waals surface area contributed by atoms with Gasteiger partial charge in [-0.3, -0.25) is 0 Å². The van der Waals surface area contributed by atoms with Gasteiger partial charge in [0.1, 0.15) is 0 Å². The predicted octanol–water partition coefficient (Wildman–Crippen LogP) is 2.73. The van der Waals surface area contributed by atoms with Crippen LogP contribution in [-0.4, -0.2) is 44.2 Å². The van der Waals surface area contributed by atoms with E-state index in [4.69, 9.17) is 5.26 Å². The van der Waals surface area contributed by atoms with Gasteiger partial charge in [0, 0.05) is 30.9 Å². The van der Waals surface area contributed by atoms with Gasteiger partial charge in [0.25, 0.3) is 0 Å². The van der Waals surface area contributed by atoms with Gasteiger partial charge >= 0.3 is 0 Å². The average molecular weight is 347 g/mol. The van der Waals surface area contributed by atoms with E-state index in [-0.39, 0.29) is 12.1 Å². The van der Waals surface area contributed by atoms with E-state index in [0.717, 1.165) is 57.3 Å². The van der Waals surface area contributed by atoms with Gasteiger partial charge in [-0.15, -0.1) is 0 Å². The minimum Gasteiger partial charge on any atom is -0.371 e. The first-order valence-electron chi connectivity index (χ1n) is 8.72. The van der Waals surface area contributed by atoms with Crippen molar-refractivity contribution in [2.24, 2.45) is 0 Å². The Morgan fingerprint density at radius 1 is 1.04 bits per heavy atom. The van der Waals surface area contributed by atoms with Crippen molar-refractivity contribution in [3.8, 4) is 6.07 Å². The van der Waals surface area contributed by atoms with Crippen molar-refractivity contribution < 1.29 is 8.42 Å². The number of hydrogen-bond acceptors (Lipinski definition) is 4. The third-order valence-corrected chi connectivity index (χ3v) is 6.60. The van der Waals surface area contributed by atoms with Crippen molar-refractivity contribution in [3.05, 3.63) is 29.8 Å². The summed E-state index contributed by atoms with van der Waals surface area (Å²) in [7, 11) is -3.15. The lowest BCUT2D eigenvalue weighted by molar-refractivity contribution is 0.164. The van der Waals surface area contributed by atoms with E-state index in [1.807, 2.05) is 24.3 Å². The molecule has 1 aliphatic carbocycles. The van der Waals surface area contributed by atoms with Gasteiger partial charge in [0.05, 0.1) is 17.9 Å². The van der Waals surface area contributed by atoms with E-state index in [0.29, 0.717) is 5.56 Å². The normalized spacial score (nSPS) is 22.7. The molecule has 1 aliphatic heterocycles. The Labute approximate surface area is 144 Å². The minimum atomic E-state index is -3.15. The highest BCUT2D eigenvalue weighted by Gasteiger charge is 2.37. The van der Waals surface area contributed by atoms with Crippen molar-refractivity contribution in [2.45, 2.75) is 50.6 Å². The molecule has 6 heteroatoms. The van der Waals surface area contributed by atoms with Crippen molar-refractivity contribution in [1.82, 2.24) is 4.31 Å². The zero-order valence-corrected chi connectivity index (χ0v) is 15.0. The largest absolute Gasteiger partial charge is 0.371 e. The Hall–Kier alpha value is -1.58. The fourth-order valence-corrected chi connectivity index (χ4v) is 5.32. The van der Waals surface area contributed by atoms with E-state index < -0.39 is 10.0 Å². The van der Waals surface area contributed by atoms with Crippen LogP contribution in [0.5, 0.6) is 0 Å². The topological polar surface area (TPSA) is 64.4 Å². The smallest absolute Gasteiger partial charge is 0.211 e. The third-order valence-electron chi connectivity index (χ3n) is 5.24. The molecule has 1 saturated carbocycles. The molecular formula is C18H25N3O2S. The number of sulfonamides is 1. The third kappa shape index (κ3) is 3.73. The summed E-state index contributed by atoms with van der Waals surface area (Å²) in [5, 5.41) is 8.91. The highest BCUT2D eigenvalue weighted by molar-refractivity contribution is 7.88. The van der Waals surface area contributed by atoms with Crippen LogP contribution in [0.25, 0.3) is 0 Å². The van der Waals surface area contributed by atoms with Crippen molar-refractivity contribution >= 4 is 15.7 Å². The van der Waals surface area contributed by atoms with Crippen LogP contribution < -0.4 is 4.90 Å². The Morgan fingerprint density at radius 3 is 2.21 bits per heavy atom. The summed E-state index contributed by atoms with van der Waals surface area (Å²) < 4.78 is 26.4. The van der Waals surface area contributed by atoms with Crippen LogP contribution in [0.2, 0.25) is 0 Å². The molecule has 0 N–H and O–H groups in total. The molecular weight excluding hydrogens is 322 g/mol. The summed E-state index contributed by atoms with van der Waals surface area (Å²) in [6, 6.07) is 10.1. The van der Waals surface area contributed by atoms with Gasteiger partial charge in [-0.05, 0) is 56.4 Å². The van der Waals surface area contributed by atoms with Crippen molar-refractivity contribution in [1.29, 1.82) is 5.26 Å². The monoisotopic (exact) mass is 347 g/mol. The molecule has 1 saturated heterocycles. The number of rotatable bonds is 4. The second-order valence-electron chi connectivity index (χ2n) is 6.91. The summed E-state index contributed by atoms with van der Waals surface area (Å²) in [5.41, 5.74) is 1.78. The van der Waals surface area contributed by atoms with Gasteiger partial charge in [0.2, 0.25) is 10.0 Å². The first kappa shape index (κ1) is 17.2. The molecule has 1 aromatic rings. The van der Waals surface area contributed by atoms with Crippen LogP contribution in [0, 0.1) is 11.3 Å². The Morgan fingerprint density at radius 2 is 1.67 bits per heavy atom. The molecule has 0 radical (unpaired) electrons. The second kappa shape index (κ2) is 7.12. The van der Waals surface area contributed by atoms with E-state index in [1.165, 1.54) is 6.26 Å². The quantitative estimate of drug-likeness (QED) is 0.840. The lowest BCUT2D eigenvalue weighted by Gasteiger charge is -2.40. The zero-order chi connectivity index (χ0) is 17.2. The maximum Gasteiger partial charge on any atom is 0.211 e. The van der Waals surface area contributed by atoms with Crippen LogP contribution in [-0.2, 0) is 10.0 Å². The molecule has 5 nitrogen and oxygen atoms in total. The van der Waals surface area contributed by atoms with Gasteiger partial charge < -0.3 is 4.90 Å². The maximum absolute atomic E-state index is 12.3. The van der Waals surface area contributed by atoms with Crippen LogP contribution in [0.4, 0.5) is 5.69 Å². The highest BCUT2D eigenvalue weighted by atomic mass is 32.2. The first-order valence-corrected chi connectivity index (χ1v) is 10.6. The van der Waals surface area contributed by atoms with E-state index in [1.54, 1.807) is 4.31 Å². The summed E-state index contributed by atoms with van der Waals surface area (Å²) in [4.78, 5) is 2.31. The fraction of sp³-hybridized carbons (Fsp3) is 0.611. The SMILES string of the molecule is CS(=O)(=O)N(C1CCC1)[C@H]1CCCN(c2ccc(C#N)cc2)CC1. The molecule has 3 rings (SSSR count). The molecule has 0 bridgehead atoms. The highest BCUT2D eigenvalue weighted by Crippen LogP contribution is 2.32. The van der Waals surface area contributed by atoms with E-state index in [9.17, 15) is 8.42 Å². The molecule has 1 heterocycles. The molecule has 0 unspecified atom stereocenters. The number of nitrogens with zero attached hydrogens (tertiary/aromatic N) is 3. The van der Waals surface area contributed by atoms with Gasteiger partial charge in [0.15, 0.2) is 0 Å². The van der Waals surface area contributed by atoms with Crippen LogP contribution in [0.3, 0.4) is 0 Å². The lowest BCUT2D eigenvalue weighted by atomic mass is 9.91. The molecule has 2 fully saturated rings. The number of benzene rings is 1. The molecule has 0 spiro atoms. The number of hydrogen-bond donors (Lipinski definition) is 0. The number of anilines is 1. The molecule has 1 atom stereocenters. The molecule has 130 valence electrons. The summed E-state index contributed by atoms with van der Waals surface area (Å²) >= 11 is 0. The summed E-state index contributed by atoms with van der Waals surface area (Å²) in [6.45, 7) is 1.79. The fourth-order valence-electron chi connectivity index (χ4n) is 3.82. The van der Waals surface area contributed by atoms with Gasteiger partial charge in [-0.2, -0.15) is 9.57 Å². The minimum absolute atomic E-state index is 0.119. The Kier molecular flexibility index (Phi) is 5.12. The Balaban J connectivity index is 1.70. The molecule has 0 amide bonds. The molecule has 2 aliphatic rings. The lowest BCUT2D eigenvalue weighted by Crippen LogP contribution is -2.49. The maximum atomic E-state index is 12.3. The zero-order valence-electron chi connectivity index (χ0n) is 14.2. The van der Waals surface area contributed by atoms with Crippen molar-refractivity contribution in [2.75, 3.05) is 24.2 Å². The number of nitriles is 1. The second-order valence-corrected chi connectivity index (χ2v) is 8.80.